The van der Waals surface area contributed by atoms with Gasteiger partial charge in [0.2, 0.25) is 11.8 Å². The smallest absolute Gasteiger partial charge is 0.222 e. The summed E-state index contributed by atoms with van der Waals surface area (Å²) in [6.45, 7) is 0.131. The highest BCUT2D eigenvalue weighted by atomic mass is 16.3. The molecule has 0 spiro atoms. The summed E-state index contributed by atoms with van der Waals surface area (Å²) in [6, 6.07) is 0.0807. The fourth-order valence-electron chi connectivity index (χ4n) is 2.70. The van der Waals surface area contributed by atoms with Crippen LogP contribution in [0.1, 0.15) is 12.5 Å². The summed E-state index contributed by atoms with van der Waals surface area (Å²) in [5.41, 5.74) is 7.47. The van der Waals surface area contributed by atoms with Crippen molar-refractivity contribution in [1.29, 1.82) is 0 Å². The van der Waals surface area contributed by atoms with Crippen molar-refractivity contribution in [2.45, 2.75) is 12.5 Å². The molecule has 3 heterocycles. The van der Waals surface area contributed by atoms with Gasteiger partial charge in [-0.15, -0.1) is 5.10 Å². The first-order valence-electron chi connectivity index (χ1n) is 6.79. The van der Waals surface area contributed by atoms with Gasteiger partial charge in [-0.25, -0.2) is 15.1 Å². The van der Waals surface area contributed by atoms with Crippen LogP contribution in [0.5, 0.6) is 0 Å². The monoisotopic (exact) mass is 299 g/mol. The van der Waals surface area contributed by atoms with Gasteiger partial charge < -0.3 is 15.4 Å². The predicted molar refractivity (Wildman–Crippen MR) is 76.3 cm³/mol. The van der Waals surface area contributed by atoms with Gasteiger partial charge in [0, 0.05) is 12.5 Å². The second-order valence-electron chi connectivity index (χ2n) is 5.13. The van der Waals surface area contributed by atoms with E-state index in [9.17, 15) is 5.11 Å². The summed E-state index contributed by atoms with van der Waals surface area (Å²) in [5, 5.41) is 22.9. The van der Waals surface area contributed by atoms with Crippen molar-refractivity contribution in [3.8, 4) is 11.5 Å². The minimum absolute atomic E-state index is 0.0807. The average Bonchev–Trinajstić information content (AvgIpc) is 3.25. The number of hydrogen-bond acceptors (Lipinski definition) is 8. The van der Waals surface area contributed by atoms with E-state index in [0.29, 0.717) is 22.7 Å². The lowest BCUT2D eigenvalue weighted by atomic mass is 10.1. The summed E-state index contributed by atoms with van der Waals surface area (Å²) >= 11 is 0. The van der Waals surface area contributed by atoms with E-state index in [-0.39, 0.29) is 24.5 Å². The van der Waals surface area contributed by atoms with Crippen LogP contribution in [0.4, 0.5) is 5.95 Å². The Morgan fingerprint density at radius 3 is 3.00 bits per heavy atom. The molecule has 4 rings (SSSR count). The minimum Gasteiger partial charge on any atom is -0.396 e. The molecule has 3 aromatic rings. The van der Waals surface area contributed by atoms with E-state index < -0.39 is 0 Å². The normalized spacial score (nSPS) is 21.0. The number of nitrogen functional groups attached to an aromatic ring is 1. The Balaban J connectivity index is 1.84. The number of aromatic amines is 1. The Morgan fingerprint density at radius 2 is 2.27 bits per heavy atom. The van der Waals surface area contributed by atoms with Gasteiger partial charge in [-0.1, -0.05) is 12.2 Å². The van der Waals surface area contributed by atoms with Crippen molar-refractivity contribution >= 4 is 17.1 Å². The van der Waals surface area contributed by atoms with Crippen LogP contribution in [-0.4, -0.2) is 51.9 Å². The molecule has 0 radical (unpaired) electrons. The van der Waals surface area contributed by atoms with Crippen molar-refractivity contribution in [2.24, 2.45) is 5.92 Å². The van der Waals surface area contributed by atoms with Gasteiger partial charge >= 0.3 is 0 Å². The summed E-state index contributed by atoms with van der Waals surface area (Å²) < 4.78 is 1.92. The molecule has 2 unspecified atom stereocenters. The van der Waals surface area contributed by atoms with Crippen molar-refractivity contribution in [3.05, 3.63) is 18.5 Å². The summed E-state index contributed by atoms with van der Waals surface area (Å²) in [4.78, 5) is 12.8. The van der Waals surface area contributed by atoms with E-state index in [2.05, 4.69) is 35.6 Å². The molecule has 0 fully saturated rings. The topological polar surface area (TPSA) is 144 Å². The highest BCUT2D eigenvalue weighted by Crippen LogP contribution is 2.31. The number of anilines is 1. The van der Waals surface area contributed by atoms with Crippen molar-refractivity contribution in [2.75, 3.05) is 12.3 Å². The van der Waals surface area contributed by atoms with Crippen molar-refractivity contribution in [3.63, 3.8) is 0 Å². The number of aliphatic hydroxyl groups is 1. The van der Waals surface area contributed by atoms with E-state index in [1.54, 1.807) is 6.33 Å². The summed E-state index contributed by atoms with van der Waals surface area (Å²) in [5.74, 6) is 0.667. The molecule has 4 N–H and O–H groups in total. The largest absolute Gasteiger partial charge is 0.396 e. The van der Waals surface area contributed by atoms with Crippen LogP contribution in [0.15, 0.2) is 18.5 Å². The molecule has 112 valence electrons. The number of imidazole rings is 1. The molecule has 2 atom stereocenters. The van der Waals surface area contributed by atoms with Crippen LogP contribution in [0.2, 0.25) is 0 Å². The van der Waals surface area contributed by atoms with E-state index >= 15 is 0 Å². The van der Waals surface area contributed by atoms with Crippen LogP contribution in [0.3, 0.4) is 0 Å². The third-order valence-electron chi connectivity index (χ3n) is 3.75. The number of allylic oxidation sites excluding steroid dienone is 1. The van der Waals surface area contributed by atoms with Crippen LogP contribution >= 0.6 is 0 Å². The van der Waals surface area contributed by atoms with Gasteiger partial charge in [0.25, 0.3) is 0 Å². The van der Waals surface area contributed by atoms with Gasteiger partial charge in [-0.3, -0.25) is 0 Å². The van der Waals surface area contributed by atoms with Crippen molar-refractivity contribution in [1.82, 2.24) is 40.1 Å². The number of nitrogens with zero attached hydrogens (tertiary/aromatic N) is 7. The first-order chi connectivity index (χ1) is 10.8. The highest BCUT2D eigenvalue weighted by molar-refractivity contribution is 5.86. The predicted octanol–water partition coefficient (Wildman–Crippen LogP) is -0.302. The molecule has 22 heavy (non-hydrogen) atoms. The second kappa shape index (κ2) is 4.84. The van der Waals surface area contributed by atoms with E-state index in [1.165, 1.54) is 0 Å². The zero-order valence-electron chi connectivity index (χ0n) is 11.5. The number of rotatable bonds is 3. The van der Waals surface area contributed by atoms with Gasteiger partial charge in [0.05, 0.1) is 12.4 Å². The Kier molecular flexibility index (Phi) is 2.82. The molecular formula is C12H13N9O. The van der Waals surface area contributed by atoms with E-state index in [4.69, 9.17) is 5.73 Å². The Hall–Kier alpha value is -2.88. The molecule has 0 aromatic carbocycles. The summed E-state index contributed by atoms with van der Waals surface area (Å²) in [6.07, 6.45) is 6.53. The molecule has 0 aliphatic heterocycles. The number of H-pyrrole nitrogens is 1. The zero-order valence-corrected chi connectivity index (χ0v) is 11.5. The molecular weight excluding hydrogens is 286 g/mol. The van der Waals surface area contributed by atoms with Crippen molar-refractivity contribution < 1.29 is 5.11 Å². The lowest BCUT2D eigenvalue weighted by Crippen LogP contribution is -2.09. The number of aliphatic hydroxyl groups excluding tert-OH is 1. The van der Waals surface area contributed by atoms with Gasteiger partial charge in [-0.2, -0.15) is 4.98 Å². The third-order valence-corrected chi connectivity index (χ3v) is 3.75. The Morgan fingerprint density at radius 1 is 1.36 bits per heavy atom. The van der Waals surface area contributed by atoms with Crippen LogP contribution in [0, 0.1) is 5.92 Å². The molecule has 1 aliphatic carbocycles. The SMILES string of the molecule is Nc1nc(-c2nnn[nH]2)c2ncn(C3C=CC(CO)C3)c2n1. The summed E-state index contributed by atoms with van der Waals surface area (Å²) in [7, 11) is 0. The van der Waals surface area contributed by atoms with Gasteiger partial charge in [0.15, 0.2) is 5.65 Å². The first kappa shape index (κ1) is 12.8. The number of nitrogens with two attached hydrogens (primary N) is 1. The number of fused-ring (bicyclic) bond motifs is 1. The number of hydrogen-bond donors (Lipinski definition) is 3. The maximum absolute atomic E-state index is 9.26. The molecule has 3 aromatic heterocycles. The maximum atomic E-state index is 9.26. The highest BCUT2D eigenvalue weighted by Gasteiger charge is 2.23. The van der Waals surface area contributed by atoms with Crippen LogP contribution in [-0.2, 0) is 0 Å². The second-order valence-corrected chi connectivity index (χ2v) is 5.13. The van der Waals surface area contributed by atoms with Crippen LogP contribution < -0.4 is 5.73 Å². The number of aromatic nitrogens is 8. The van der Waals surface area contributed by atoms with Gasteiger partial charge in [-0.05, 0) is 16.8 Å². The van der Waals surface area contributed by atoms with E-state index in [1.807, 2.05) is 16.7 Å². The lowest BCUT2D eigenvalue weighted by Gasteiger charge is -2.12. The van der Waals surface area contributed by atoms with E-state index in [0.717, 1.165) is 6.42 Å². The standard InChI is InChI=1S/C12H13N9O/c13-12-15-8(10-17-19-20-18-10)9-11(16-12)21(5-14-9)7-2-1-6(3-7)4-22/h1-2,5-7,22H,3-4H2,(H2,13,15,16)(H,17,18,19,20). The first-order valence-corrected chi connectivity index (χ1v) is 6.79. The quantitative estimate of drug-likeness (QED) is 0.559. The Labute approximate surface area is 124 Å². The third kappa shape index (κ3) is 1.92. The lowest BCUT2D eigenvalue weighted by molar-refractivity contribution is 0.244. The molecule has 0 bridgehead atoms. The number of nitrogens with one attached hydrogen (secondary N) is 1. The number of tetrazole rings is 1. The zero-order chi connectivity index (χ0) is 15.1. The maximum Gasteiger partial charge on any atom is 0.222 e. The average molecular weight is 299 g/mol. The molecule has 0 saturated carbocycles. The molecule has 1 aliphatic rings. The fourth-order valence-corrected chi connectivity index (χ4v) is 2.70. The molecule has 0 amide bonds. The minimum atomic E-state index is 0.0807. The van der Waals surface area contributed by atoms with Gasteiger partial charge in [0.1, 0.15) is 11.2 Å². The van der Waals surface area contributed by atoms with Crippen LogP contribution in [0.25, 0.3) is 22.7 Å². The molecule has 10 heteroatoms. The fraction of sp³-hybridized carbons (Fsp3) is 0.333. The molecule has 10 nitrogen and oxygen atoms in total. The molecule has 0 saturated heterocycles. The Bertz CT molecular complexity index is 838.